The SMILES string of the molecule is Cc1cc(N2CCCC2)ccc1NC(C)C(F)F. The smallest absolute Gasteiger partial charge is 0.258 e. The summed E-state index contributed by atoms with van der Waals surface area (Å²) >= 11 is 0. The fourth-order valence-electron chi connectivity index (χ4n) is 2.29. The number of nitrogens with one attached hydrogen (secondary N) is 1. The van der Waals surface area contributed by atoms with Crippen molar-refractivity contribution in [1.82, 2.24) is 0 Å². The lowest BCUT2D eigenvalue weighted by molar-refractivity contribution is 0.130. The van der Waals surface area contributed by atoms with Crippen molar-refractivity contribution in [2.24, 2.45) is 0 Å². The molecule has 1 N–H and O–H groups in total. The Labute approximate surface area is 107 Å². The third kappa shape index (κ3) is 2.92. The molecule has 1 aliphatic heterocycles. The van der Waals surface area contributed by atoms with E-state index in [0.29, 0.717) is 0 Å². The van der Waals surface area contributed by atoms with Gasteiger partial charge in [-0.1, -0.05) is 0 Å². The molecule has 0 spiro atoms. The number of alkyl halides is 2. The van der Waals surface area contributed by atoms with E-state index >= 15 is 0 Å². The van der Waals surface area contributed by atoms with Gasteiger partial charge in [0.15, 0.2) is 0 Å². The highest BCUT2D eigenvalue weighted by atomic mass is 19.3. The number of anilines is 2. The molecule has 0 bridgehead atoms. The molecule has 1 fully saturated rings. The molecule has 1 aromatic rings. The Kier molecular flexibility index (Phi) is 4.04. The summed E-state index contributed by atoms with van der Waals surface area (Å²) in [7, 11) is 0. The van der Waals surface area contributed by atoms with E-state index in [1.54, 1.807) is 0 Å². The normalized spacial score (nSPS) is 17.3. The molecular weight excluding hydrogens is 234 g/mol. The molecule has 0 saturated carbocycles. The van der Waals surface area contributed by atoms with Crippen LogP contribution in [0.25, 0.3) is 0 Å². The van der Waals surface area contributed by atoms with Gasteiger partial charge in [0.1, 0.15) is 0 Å². The van der Waals surface area contributed by atoms with Crippen LogP contribution in [0.3, 0.4) is 0 Å². The minimum absolute atomic E-state index is 0.797. The minimum Gasteiger partial charge on any atom is -0.377 e. The highest BCUT2D eigenvalue weighted by molar-refractivity contribution is 5.60. The van der Waals surface area contributed by atoms with Gasteiger partial charge in [0.25, 0.3) is 6.43 Å². The maximum atomic E-state index is 12.5. The lowest BCUT2D eigenvalue weighted by atomic mass is 10.1. The first-order valence-electron chi connectivity index (χ1n) is 6.48. The third-order valence-corrected chi connectivity index (χ3v) is 3.44. The summed E-state index contributed by atoms with van der Waals surface area (Å²) < 4.78 is 25.0. The van der Waals surface area contributed by atoms with E-state index in [4.69, 9.17) is 0 Å². The van der Waals surface area contributed by atoms with Crippen molar-refractivity contribution in [3.63, 3.8) is 0 Å². The summed E-state index contributed by atoms with van der Waals surface area (Å²) in [5, 5.41) is 2.86. The largest absolute Gasteiger partial charge is 0.377 e. The molecule has 0 aliphatic carbocycles. The number of nitrogens with zero attached hydrogens (tertiary/aromatic N) is 1. The molecule has 4 heteroatoms. The molecule has 0 aromatic heterocycles. The fraction of sp³-hybridized carbons (Fsp3) is 0.571. The van der Waals surface area contributed by atoms with E-state index < -0.39 is 12.5 Å². The van der Waals surface area contributed by atoms with Crippen molar-refractivity contribution in [2.75, 3.05) is 23.3 Å². The van der Waals surface area contributed by atoms with Crippen LogP contribution in [0.15, 0.2) is 18.2 Å². The second-order valence-corrected chi connectivity index (χ2v) is 4.96. The zero-order chi connectivity index (χ0) is 13.1. The van der Waals surface area contributed by atoms with E-state index in [1.807, 2.05) is 19.1 Å². The van der Waals surface area contributed by atoms with Crippen molar-refractivity contribution in [2.45, 2.75) is 39.2 Å². The first-order chi connectivity index (χ1) is 8.58. The Hall–Kier alpha value is -1.32. The van der Waals surface area contributed by atoms with Crippen LogP contribution < -0.4 is 10.2 Å². The number of hydrogen-bond donors (Lipinski definition) is 1. The lowest BCUT2D eigenvalue weighted by Crippen LogP contribution is -2.24. The Morgan fingerprint density at radius 3 is 2.44 bits per heavy atom. The predicted octanol–water partition coefficient (Wildman–Crippen LogP) is 3.66. The Bertz CT molecular complexity index is 401. The second kappa shape index (κ2) is 5.55. The quantitative estimate of drug-likeness (QED) is 0.882. The summed E-state index contributed by atoms with van der Waals surface area (Å²) in [6.07, 6.45) is 0.130. The maximum Gasteiger partial charge on any atom is 0.258 e. The van der Waals surface area contributed by atoms with Gasteiger partial charge >= 0.3 is 0 Å². The average Bonchev–Trinajstić information content (AvgIpc) is 2.85. The van der Waals surface area contributed by atoms with Crippen LogP contribution >= 0.6 is 0 Å². The van der Waals surface area contributed by atoms with Gasteiger partial charge in [0.05, 0.1) is 6.04 Å². The van der Waals surface area contributed by atoms with Crippen LogP contribution in [-0.4, -0.2) is 25.6 Å². The maximum absolute atomic E-state index is 12.5. The summed E-state index contributed by atoms with van der Waals surface area (Å²) in [6, 6.07) is 5.17. The van der Waals surface area contributed by atoms with Crippen LogP contribution in [0.5, 0.6) is 0 Å². The zero-order valence-electron chi connectivity index (χ0n) is 10.9. The van der Waals surface area contributed by atoms with Crippen molar-refractivity contribution < 1.29 is 8.78 Å². The van der Waals surface area contributed by atoms with Gasteiger partial charge in [-0.2, -0.15) is 0 Å². The molecule has 2 nitrogen and oxygen atoms in total. The van der Waals surface area contributed by atoms with Gasteiger partial charge in [0, 0.05) is 24.5 Å². The van der Waals surface area contributed by atoms with Crippen LogP contribution in [0.2, 0.25) is 0 Å². The molecule has 18 heavy (non-hydrogen) atoms. The van der Waals surface area contributed by atoms with E-state index in [0.717, 1.165) is 24.3 Å². The highest BCUT2D eigenvalue weighted by Gasteiger charge is 2.16. The van der Waals surface area contributed by atoms with Crippen molar-refractivity contribution >= 4 is 11.4 Å². The molecule has 1 unspecified atom stereocenters. The Balaban J connectivity index is 2.09. The minimum atomic E-state index is -2.34. The predicted molar refractivity (Wildman–Crippen MR) is 71.7 cm³/mol. The molecule has 100 valence electrons. The zero-order valence-corrected chi connectivity index (χ0v) is 10.9. The van der Waals surface area contributed by atoms with Crippen molar-refractivity contribution in [3.05, 3.63) is 23.8 Å². The van der Waals surface area contributed by atoms with Gasteiger partial charge in [0.2, 0.25) is 0 Å². The number of aryl methyl sites for hydroxylation is 1. The third-order valence-electron chi connectivity index (χ3n) is 3.44. The number of hydrogen-bond acceptors (Lipinski definition) is 2. The molecule has 1 atom stereocenters. The van der Waals surface area contributed by atoms with Gasteiger partial charge in [-0.15, -0.1) is 0 Å². The van der Waals surface area contributed by atoms with Crippen molar-refractivity contribution in [3.8, 4) is 0 Å². The van der Waals surface area contributed by atoms with E-state index in [9.17, 15) is 8.78 Å². The Morgan fingerprint density at radius 2 is 1.89 bits per heavy atom. The molecule has 0 amide bonds. The van der Waals surface area contributed by atoms with Crippen LogP contribution in [-0.2, 0) is 0 Å². The number of benzene rings is 1. The molecule has 0 radical (unpaired) electrons. The van der Waals surface area contributed by atoms with E-state index in [2.05, 4.69) is 16.3 Å². The molecule has 2 rings (SSSR count). The fourth-order valence-corrected chi connectivity index (χ4v) is 2.29. The molecule has 1 aromatic carbocycles. The molecule has 1 heterocycles. The van der Waals surface area contributed by atoms with Crippen LogP contribution in [0.1, 0.15) is 25.3 Å². The first kappa shape index (κ1) is 13.1. The number of rotatable bonds is 4. The Morgan fingerprint density at radius 1 is 1.22 bits per heavy atom. The molecule has 1 saturated heterocycles. The summed E-state index contributed by atoms with van der Waals surface area (Å²) in [6.45, 7) is 5.65. The van der Waals surface area contributed by atoms with E-state index in [1.165, 1.54) is 25.5 Å². The van der Waals surface area contributed by atoms with Gasteiger partial charge in [-0.25, -0.2) is 8.78 Å². The van der Waals surface area contributed by atoms with Crippen molar-refractivity contribution in [1.29, 1.82) is 0 Å². The second-order valence-electron chi connectivity index (χ2n) is 4.96. The first-order valence-corrected chi connectivity index (χ1v) is 6.48. The topological polar surface area (TPSA) is 15.3 Å². The van der Waals surface area contributed by atoms with Gasteiger partial charge < -0.3 is 10.2 Å². The highest BCUT2D eigenvalue weighted by Crippen LogP contribution is 2.26. The summed E-state index contributed by atoms with van der Waals surface area (Å²) in [5.41, 5.74) is 3.01. The van der Waals surface area contributed by atoms with Crippen LogP contribution in [0, 0.1) is 6.92 Å². The number of halogens is 2. The summed E-state index contributed by atoms with van der Waals surface area (Å²) in [5.74, 6) is 0. The summed E-state index contributed by atoms with van der Waals surface area (Å²) in [4.78, 5) is 2.34. The lowest BCUT2D eigenvalue weighted by Gasteiger charge is -2.21. The standard InChI is InChI=1S/C14H20F2N2/c1-10-9-12(18-7-3-4-8-18)5-6-13(10)17-11(2)14(15)16/h5-6,9,11,14,17H,3-4,7-8H2,1-2H3. The van der Waals surface area contributed by atoms with Gasteiger partial charge in [-0.3, -0.25) is 0 Å². The average molecular weight is 254 g/mol. The van der Waals surface area contributed by atoms with Crippen LogP contribution in [0.4, 0.5) is 20.2 Å². The van der Waals surface area contributed by atoms with E-state index in [-0.39, 0.29) is 0 Å². The van der Waals surface area contributed by atoms with Gasteiger partial charge in [-0.05, 0) is 50.5 Å². The molecular formula is C14H20F2N2. The molecule has 1 aliphatic rings. The monoisotopic (exact) mass is 254 g/mol.